The average molecular weight is 396 g/mol. The van der Waals surface area contributed by atoms with E-state index in [0.717, 1.165) is 5.56 Å². The highest BCUT2D eigenvalue weighted by molar-refractivity contribution is 5.94. The number of cyclic esters (lactones) is 1. The first-order valence-corrected chi connectivity index (χ1v) is 9.48. The van der Waals surface area contributed by atoms with Gasteiger partial charge in [0.05, 0.1) is 6.04 Å². The molecule has 0 radical (unpaired) electrons. The smallest absolute Gasteiger partial charge is 0.329 e. The Labute approximate surface area is 169 Å². The molecule has 0 unspecified atom stereocenters. The molecule has 8 heteroatoms. The third kappa shape index (κ3) is 5.54. The molecule has 0 aliphatic carbocycles. The zero-order chi connectivity index (χ0) is 20.6. The fraction of sp³-hybridized carbons (Fsp3) is 0.333. The van der Waals surface area contributed by atoms with Crippen LogP contribution in [0.1, 0.15) is 41.5 Å². The summed E-state index contributed by atoms with van der Waals surface area (Å²) in [5, 5.41) is 5.60. The van der Waals surface area contributed by atoms with Crippen molar-refractivity contribution < 1.29 is 19.1 Å². The topological polar surface area (TPSA) is 102 Å². The lowest BCUT2D eigenvalue weighted by Gasteiger charge is -2.22. The van der Waals surface area contributed by atoms with Gasteiger partial charge in [0.15, 0.2) is 5.82 Å². The van der Waals surface area contributed by atoms with Crippen molar-refractivity contribution in [3.05, 3.63) is 66.3 Å². The first-order valence-electron chi connectivity index (χ1n) is 9.48. The van der Waals surface area contributed by atoms with Crippen molar-refractivity contribution in [3.8, 4) is 0 Å². The summed E-state index contributed by atoms with van der Waals surface area (Å²) in [5.41, 5.74) is 0.842. The molecule has 3 rings (SSSR count). The monoisotopic (exact) mass is 396 g/mol. The number of nitrogens with one attached hydrogen (secondary N) is 2. The van der Waals surface area contributed by atoms with Crippen molar-refractivity contribution in [2.75, 3.05) is 6.61 Å². The van der Waals surface area contributed by atoms with Crippen molar-refractivity contribution in [1.82, 2.24) is 20.2 Å². The average Bonchev–Trinajstić information content (AvgIpc) is 3.15. The molecule has 2 atom stereocenters. The fourth-order valence-electron chi connectivity index (χ4n) is 3.02. The van der Waals surface area contributed by atoms with Gasteiger partial charge >= 0.3 is 5.97 Å². The summed E-state index contributed by atoms with van der Waals surface area (Å²) in [6, 6.07) is 8.02. The van der Waals surface area contributed by atoms with Gasteiger partial charge in [-0.2, -0.15) is 0 Å². The van der Waals surface area contributed by atoms with E-state index in [1.807, 2.05) is 36.4 Å². The second-order valence-corrected chi connectivity index (χ2v) is 6.79. The number of rotatable bonds is 3. The van der Waals surface area contributed by atoms with Crippen LogP contribution >= 0.6 is 0 Å². The largest absolute Gasteiger partial charge is 0.462 e. The number of allylic oxidation sites excluding steroid dienone is 1. The summed E-state index contributed by atoms with van der Waals surface area (Å²) in [5.74, 6) is -0.914. The molecule has 152 valence electrons. The molecule has 0 bridgehead atoms. The molecular formula is C21H24N4O4. The first kappa shape index (κ1) is 20.3. The van der Waals surface area contributed by atoms with Crippen molar-refractivity contribution in [1.29, 1.82) is 0 Å². The van der Waals surface area contributed by atoms with Crippen LogP contribution in [0.4, 0.5) is 0 Å². The summed E-state index contributed by atoms with van der Waals surface area (Å²) in [6.45, 7) is -0.0208. The molecule has 0 saturated heterocycles. The molecule has 1 aliphatic heterocycles. The molecule has 0 fully saturated rings. The fourth-order valence-corrected chi connectivity index (χ4v) is 3.02. The van der Waals surface area contributed by atoms with Crippen LogP contribution < -0.4 is 10.6 Å². The van der Waals surface area contributed by atoms with Crippen molar-refractivity contribution in [2.45, 2.75) is 31.3 Å². The van der Waals surface area contributed by atoms with E-state index >= 15 is 0 Å². The number of aryl methyl sites for hydroxylation is 1. The van der Waals surface area contributed by atoms with E-state index in [4.69, 9.17) is 4.74 Å². The number of amides is 2. The Kier molecular flexibility index (Phi) is 6.78. The SMILES string of the molecule is Cn1ccnc1C(=O)N[C@@H]1CC=CCCC(=O)N[C@H](c2ccccc2)COC1=O. The Bertz CT molecular complexity index is 891. The van der Waals surface area contributed by atoms with E-state index in [1.165, 1.54) is 6.20 Å². The minimum atomic E-state index is -0.845. The van der Waals surface area contributed by atoms with Crippen LogP contribution in [0, 0.1) is 0 Å². The van der Waals surface area contributed by atoms with Gasteiger partial charge in [-0.15, -0.1) is 0 Å². The number of carbonyl (C=O) groups excluding carboxylic acids is 3. The van der Waals surface area contributed by atoms with Crippen LogP contribution in [-0.2, 0) is 21.4 Å². The highest BCUT2D eigenvalue weighted by Gasteiger charge is 2.25. The summed E-state index contributed by atoms with van der Waals surface area (Å²) in [7, 11) is 1.70. The number of carbonyl (C=O) groups is 3. The Balaban J connectivity index is 1.75. The highest BCUT2D eigenvalue weighted by Crippen LogP contribution is 2.15. The van der Waals surface area contributed by atoms with Crippen LogP contribution in [0.5, 0.6) is 0 Å². The predicted octanol–water partition coefficient (Wildman–Crippen LogP) is 1.66. The Hall–Kier alpha value is -3.42. The van der Waals surface area contributed by atoms with Gasteiger partial charge in [0, 0.05) is 25.9 Å². The number of esters is 1. The van der Waals surface area contributed by atoms with E-state index in [1.54, 1.807) is 23.9 Å². The number of benzene rings is 1. The number of ether oxygens (including phenoxy) is 1. The molecule has 2 heterocycles. The maximum Gasteiger partial charge on any atom is 0.329 e. The number of hydrogen-bond donors (Lipinski definition) is 2. The van der Waals surface area contributed by atoms with Gasteiger partial charge in [0.25, 0.3) is 5.91 Å². The molecule has 29 heavy (non-hydrogen) atoms. The molecule has 8 nitrogen and oxygen atoms in total. The van der Waals surface area contributed by atoms with E-state index in [0.29, 0.717) is 12.8 Å². The summed E-state index contributed by atoms with van der Waals surface area (Å²) in [6.07, 6.45) is 7.91. The van der Waals surface area contributed by atoms with Gasteiger partial charge in [-0.3, -0.25) is 9.59 Å². The third-order valence-corrected chi connectivity index (χ3v) is 4.62. The van der Waals surface area contributed by atoms with Gasteiger partial charge in [0.2, 0.25) is 5.91 Å². The second kappa shape index (κ2) is 9.68. The van der Waals surface area contributed by atoms with E-state index in [-0.39, 0.29) is 24.8 Å². The molecule has 1 aromatic heterocycles. The van der Waals surface area contributed by atoms with Crippen LogP contribution in [0.25, 0.3) is 0 Å². The third-order valence-electron chi connectivity index (χ3n) is 4.62. The maximum atomic E-state index is 12.7. The number of imidazole rings is 1. The quantitative estimate of drug-likeness (QED) is 0.607. The molecular weight excluding hydrogens is 372 g/mol. The Morgan fingerprint density at radius 3 is 2.76 bits per heavy atom. The molecule has 0 spiro atoms. The number of aromatic nitrogens is 2. The van der Waals surface area contributed by atoms with E-state index in [2.05, 4.69) is 15.6 Å². The standard InChI is InChI=1S/C21H24N4O4/c1-25-13-12-22-19(25)20(27)24-16-10-6-3-7-11-18(26)23-17(14-29-21(16)28)15-8-4-2-5-9-15/h2-6,8-9,12-13,16-17H,7,10-11,14H2,1H3,(H,23,26)(H,24,27)/t16-,17+/m1/s1. The van der Waals surface area contributed by atoms with Crippen molar-refractivity contribution in [3.63, 3.8) is 0 Å². The normalized spacial score (nSPS) is 20.7. The van der Waals surface area contributed by atoms with Crippen LogP contribution in [-0.4, -0.2) is 40.0 Å². The van der Waals surface area contributed by atoms with Crippen LogP contribution in [0.3, 0.4) is 0 Å². The highest BCUT2D eigenvalue weighted by atomic mass is 16.5. The van der Waals surface area contributed by atoms with E-state index in [9.17, 15) is 14.4 Å². The molecule has 2 amide bonds. The Morgan fingerprint density at radius 1 is 1.24 bits per heavy atom. The van der Waals surface area contributed by atoms with Gasteiger partial charge in [-0.1, -0.05) is 42.5 Å². The number of hydrogen-bond acceptors (Lipinski definition) is 5. The molecule has 0 saturated carbocycles. The second-order valence-electron chi connectivity index (χ2n) is 6.79. The Morgan fingerprint density at radius 2 is 2.03 bits per heavy atom. The van der Waals surface area contributed by atoms with Crippen LogP contribution in [0.2, 0.25) is 0 Å². The van der Waals surface area contributed by atoms with Crippen LogP contribution in [0.15, 0.2) is 54.9 Å². The zero-order valence-electron chi connectivity index (χ0n) is 16.2. The molecule has 1 aromatic carbocycles. The van der Waals surface area contributed by atoms with E-state index < -0.39 is 24.0 Å². The summed E-state index contributed by atoms with van der Waals surface area (Å²) < 4.78 is 7.04. The minimum Gasteiger partial charge on any atom is -0.462 e. The number of nitrogens with zero attached hydrogens (tertiary/aromatic N) is 2. The molecule has 2 aromatic rings. The van der Waals surface area contributed by atoms with Crippen molar-refractivity contribution >= 4 is 17.8 Å². The minimum absolute atomic E-state index is 0.0208. The van der Waals surface area contributed by atoms with Gasteiger partial charge in [0.1, 0.15) is 12.6 Å². The summed E-state index contributed by atoms with van der Waals surface area (Å²) >= 11 is 0. The molecule has 2 N–H and O–H groups in total. The van der Waals surface area contributed by atoms with Gasteiger partial charge < -0.3 is 19.9 Å². The lowest BCUT2D eigenvalue weighted by molar-refractivity contribution is -0.147. The lowest BCUT2D eigenvalue weighted by atomic mass is 10.1. The molecule has 1 aliphatic rings. The predicted molar refractivity (Wildman–Crippen MR) is 106 cm³/mol. The van der Waals surface area contributed by atoms with Crippen molar-refractivity contribution in [2.24, 2.45) is 7.05 Å². The maximum absolute atomic E-state index is 12.7. The van der Waals surface area contributed by atoms with Gasteiger partial charge in [-0.25, -0.2) is 9.78 Å². The summed E-state index contributed by atoms with van der Waals surface area (Å²) in [4.78, 5) is 41.3. The lowest BCUT2D eigenvalue weighted by Crippen LogP contribution is -2.43. The van der Waals surface area contributed by atoms with Gasteiger partial charge in [-0.05, 0) is 18.4 Å². The zero-order valence-corrected chi connectivity index (χ0v) is 16.2. The first-order chi connectivity index (χ1) is 14.0.